The second kappa shape index (κ2) is 5.40. The minimum absolute atomic E-state index is 0.108. The number of rotatable bonds is 4. The van der Waals surface area contributed by atoms with Crippen molar-refractivity contribution in [1.82, 2.24) is 10.1 Å². The molecule has 1 heterocycles. The lowest BCUT2D eigenvalue weighted by molar-refractivity contribution is -0.129. The van der Waals surface area contributed by atoms with E-state index < -0.39 is 18.6 Å². The van der Waals surface area contributed by atoms with Gasteiger partial charge in [-0.1, -0.05) is 41.6 Å². The summed E-state index contributed by atoms with van der Waals surface area (Å²) in [4.78, 5) is 14.9. The topological polar surface area (TPSA) is 56.0 Å². The van der Waals surface area contributed by atoms with E-state index in [1.807, 2.05) is 42.5 Å². The van der Waals surface area contributed by atoms with Crippen molar-refractivity contribution in [1.29, 1.82) is 0 Å². The number of carbonyl (C=O) groups excluding carboxylic acids is 1. The molecule has 3 aromatic rings. The third-order valence-corrected chi connectivity index (χ3v) is 3.04. The lowest BCUT2D eigenvalue weighted by Gasteiger charge is -1.99. The number of aromatic nitrogens is 2. The Labute approximate surface area is 118 Å². The normalized spacial score (nSPS) is 11.2. The molecule has 0 N–H and O–H groups in total. The number of hydrogen-bond acceptors (Lipinski definition) is 4. The Morgan fingerprint density at radius 3 is 2.67 bits per heavy atom. The Bertz CT molecular complexity index is 799. The first-order chi connectivity index (χ1) is 10.1. The molecule has 6 heteroatoms. The number of ketones is 1. The van der Waals surface area contributed by atoms with Gasteiger partial charge in [-0.15, -0.1) is 0 Å². The summed E-state index contributed by atoms with van der Waals surface area (Å²) >= 11 is 0. The van der Waals surface area contributed by atoms with E-state index in [9.17, 15) is 13.6 Å². The minimum Gasteiger partial charge on any atom is -0.338 e. The molecule has 2 aromatic carbocycles. The maximum atomic E-state index is 12.2. The van der Waals surface area contributed by atoms with Crippen molar-refractivity contribution in [2.75, 3.05) is 0 Å². The Hall–Kier alpha value is -2.63. The van der Waals surface area contributed by atoms with Crippen molar-refractivity contribution in [3.05, 3.63) is 48.4 Å². The molecule has 4 nitrogen and oxygen atoms in total. The Morgan fingerprint density at radius 2 is 1.90 bits per heavy atom. The summed E-state index contributed by atoms with van der Waals surface area (Å²) in [5, 5.41) is 5.79. The van der Waals surface area contributed by atoms with E-state index in [0.29, 0.717) is 5.56 Å². The van der Waals surface area contributed by atoms with E-state index >= 15 is 0 Å². The van der Waals surface area contributed by atoms with E-state index in [2.05, 4.69) is 10.1 Å². The van der Waals surface area contributed by atoms with Crippen LogP contribution in [0.3, 0.4) is 0 Å². The smallest absolute Gasteiger partial charge is 0.296 e. The van der Waals surface area contributed by atoms with Crippen LogP contribution in [-0.2, 0) is 11.2 Å². The van der Waals surface area contributed by atoms with Crippen LogP contribution in [0.2, 0.25) is 0 Å². The fraction of sp³-hybridized carbons (Fsp3) is 0.133. The highest BCUT2D eigenvalue weighted by atomic mass is 19.3. The fourth-order valence-corrected chi connectivity index (χ4v) is 2.00. The van der Waals surface area contributed by atoms with Gasteiger partial charge >= 0.3 is 0 Å². The van der Waals surface area contributed by atoms with E-state index in [1.54, 1.807) is 0 Å². The molecule has 0 saturated carbocycles. The lowest BCUT2D eigenvalue weighted by Crippen LogP contribution is -2.12. The number of hydrogen-bond donors (Lipinski definition) is 0. The summed E-state index contributed by atoms with van der Waals surface area (Å²) in [6, 6.07) is 13.4. The van der Waals surface area contributed by atoms with Gasteiger partial charge in [-0.05, 0) is 16.8 Å². The number of alkyl halides is 2. The molecule has 0 amide bonds. The molecule has 0 radical (unpaired) electrons. The average molecular weight is 288 g/mol. The second-order valence-corrected chi connectivity index (χ2v) is 4.52. The maximum Gasteiger partial charge on any atom is 0.296 e. The van der Waals surface area contributed by atoms with Crippen LogP contribution in [0, 0.1) is 0 Å². The number of carbonyl (C=O) groups is 1. The van der Waals surface area contributed by atoms with Gasteiger partial charge in [0.2, 0.25) is 17.5 Å². The predicted octanol–water partition coefficient (Wildman–Crippen LogP) is 3.27. The molecule has 0 saturated heterocycles. The molecule has 0 aliphatic carbocycles. The van der Waals surface area contributed by atoms with Crippen LogP contribution in [0.1, 0.15) is 5.89 Å². The van der Waals surface area contributed by atoms with Crippen LogP contribution in [0.4, 0.5) is 8.78 Å². The largest absolute Gasteiger partial charge is 0.338 e. The second-order valence-electron chi connectivity index (χ2n) is 4.52. The first-order valence-corrected chi connectivity index (χ1v) is 6.26. The van der Waals surface area contributed by atoms with Crippen molar-refractivity contribution in [2.45, 2.75) is 12.8 Å². The quantitative estimate of drug-likeness (QED) is 0.739. The van der Waals surface area contributed by atoms with E-state index in [-0.39, 0.29) is 11.7 Å². The molecule has 0 fully saturated rings. The van der Waals surface area contributed by atoms with Gasteiger partial charge in [0.1, 0.15) is 0 Å². The predicted molar refractivity (Wildman–Crippen MR) is 72.0 cm³/mol. The Morgan fingerprint density at radius 1 is 1.14 bits per heavy atom. The third-order valence-electron chi connectivity index (χ3n) is 3.04. The number of Topliss-reactive ketones (excluding diaryl/α,β-unsaturated/α-hetero) is 1. The van der Waals surface area contributed by atoms with Crippen LogP contribution >= 0.6 is 0 Å². The molecule has 3 rings (SSSR count). The van der Waals surface area contributed by atoms with Crippen LogP contribution in [-0.4, -0.2) is 22.3 Å². The molecule has 106 valence electrons. The Kier molecular flexibility index (Phi) is 3.43. The van der Waals surface area contributed by atoms with Gasteiger partial charge in [0.05, 0.1) is 6.42 Å². The molecular weight excluding hydrogens is 278 g/mol. The molecule has 0 atom stereocenters. The molecule has 21 heavy (non-hydrogen) atoms. The summed E-state index contributed by atoms with van der Waals surface area (Å²) in [7, 11) is 0. The molecule has 1 aromatic heterocycles. The van der Waals surface area contributed by atoms with Crippen molar-refractivity contribution >= 4 is 16.6 Å². The maximum absolute atomic E-state index is 12.2. The molecule has 0 aliphatic rings. The standard InChI is InChI=1S/C15H10F2N2O2/c16-14(17)12(20)8-13-18-15(19-21-13)11-6-5-9-3-1-2-4-10(9)7-11/h1-7,14H,8H2. The van der Waals surface area contributed by atoms with Crippen molar-refractivity contribution in [3.8, 4) is 11.4 Å². The van der Waals surface area contributed by atoms with E-state index in [4.69, 9.17) is 4.52 Å². The van der Waals surface area contributed by atoms with Crippen molar-refractivity contribution < 1.29 is 18.1 Å². The summed E-state index contributed by atoms with van der Waals surface area (Å²) in [6.07, 6.45) is -3.58. The van der Waals surface area contributed by atoms with Crippen molar-refractivity contribution in [2.24, 2.45) is 0 Å². The number of halogens is 2. The van der Waals surface area contributed by atoms with Crippen molar-refractivity contribution in [3.63, 3.8) is 0 Å². The molecular formula is C15H10F2N2O2. The zero-order valence-electron chi connectivity index (χ0n) is 10.8. The first kappa shape index (κ1) is 13.4. The lowest BCUT2D eigenvalue weighted by atomic mass is 10.1. The number of fused-ring (bicyclic) bond motifs is 1. The van der Waals surface area contributed by atoms with Gasteiger partial charge < -0.3 is 4.52 Å². The summed E-state index contributed by atoms with van der Waals surface area (Å²) < 4.78 is 29.2. The Balaban J connectivity index is 1.89. The highest BCUT2D eigenvalue weighted by Gasteiger charge is 2.19. The van der Waals surface area contributed by atoms with Gasteiger partial charge in [0.25, 0.3) is 6.43 Å². The first-order valence-electron chi connectivity index (χ1n) is 6.26. The third kappa shape index (κ3) is 2.79. The summed E-state index contributed by atoms with van der Waals surface area (Å²) in [6.45, 7) is 0. The minimum atomic E-state index is -3.03. The van der Waals surface area contributed by atoms with Gasteiger partial charge in [-0.2, -0.15) is 4.98 Å². The highest BCUT2D eigenvalue weighted by molar-refractivity contribution is 5.86. The zero-order valence-corrected chi connectivity index (χ0v) is 10.8. The highest BCUT2D eigenvalue weighted by Crippen LogP contribution is 2.22. The molecule has 0 unspecified atom stereocenters. The number of benzene rings is 2. The van der Waals surface area contributed by atoms with Crippen LogP contribution in [0.5, 0.6) is 0 Å². The van der Waals surface area contributed by atoms with Gasteiger partial charge in [0.15, 0.2) is 0 Å². The van der Waals surface area contributed by atoms with Gasteiger partial charge in [-0.25, -0.2) is 8.78 Å². The van der Waals surface area contributed by atoms with Crippen LogP contribution < -0.4 is 0 Å². The van der Waals surface area contributed by atoms with E-state index in [0.717, 1.165) is 10.8 Å². The monoisotopic (exact) mass is 288 g/mol. The van der Waals surface area contributed by atoms with Crippen LogP contribution in [0.25, 0.3) is 22.2 Å². The SMILES string of the molecule is O=C(Cc1nc(-c2ccc3ccccc3c2)no1)C(F)F. The summed E-state index contributed by atoms with van der Waals surface area (Å²) in [5.74, 6) is -1.06. The molecule has 0 aliphatic heterocycles. The van der Waals surface area contributed by atoms with Gasteiger partial charge in [0, 0.05) is 5.56 Å². The molecule has 0 spiro atoms. The fourth-order valence-electron chi connectivity index (χ4n) is 2.00. The summed E-state index contributed by atoms with van der Waals surface area (Å²) in [5.41, 5.74) is 0.702. The average Bonchev–Trinajstić information content (AvgIpc) is 2.95. The van der Waals surface area contributed by atoms with Crippen LogP contribution in [0.15, 0.2) is 47.0 Å². The van der Waals surface area contributed by atoms with Gasteiger partial charge in [-0.3, -0.25) is 4.79 Å². The molecule has 0 bridgehead atoms. The number of nitrogens with zero attached hydrogens (tertiary/aromatic N) is 2. The zero-order chi connectivity index (χ0) is 14.8. The van der Waals surface area contributed by atoms with E-state index in [1.165, 1.54) is 0 Å².